The molecule has 4 nitrogen and oxygen atoms in total. The minimum Gasteiger partial charge on any atom is -0.310 e. The molecule has 0 aliphatic rings. The van der Waals surface area contributed by atoms with Gasteiger partial charge in [0.1, 0.15) is 5.82 Å². The lowest BCUT2D eigenvalue weighted by molar-refractivity contribution is 0.490. The molecule has 0 aliphatic heterocycles. The standard InChI is InChI=1S/C15H25FN2O2S/c1-10(2)17-9-12-7-13(16)11(3)14(8-12)21(19,20)18-15(4,5)6/h7-8,10,17-18H,9H2,1-6H3. The van der Waals surface area contributed by atoms with Gasteiger partial charge in [-0.25, -0.2) is 17.5 Å². The van der Waals surface area contributed by atoms with Gasteiger partial charge in [-0.1, -0.05) is 13.8 Å². The predicted molar refractivity (Wildman–Crippen MR) is 83.2 cm³/mol. The van der Waals surface area contributed by atoms with Crippen LogP contribution in [-0.4, -0.2) is 20.0 Å². The van der Waals surface area contributed by atoms with Crippen molar-refractivity contribution < 1.29 is 12.8 Å². The maximum absolute atomic E-state index is 14.0. The van der Waals surface area contributed by atoms with E-state index in [0.717, 1.165) is 0 Å². The van der Waals surface area contributed by atoms with Crippen LogP contribution in [-0.2, 0) is 16.6 Å². The van der Waals surface area contributed by atoms with Crippen molar-refractivity contribution in [2.24, 2.45) is 0 Å². The van der Waals surface area contributed by atoms with E-state index in [1.165, 1.54) is 19.1 Å². The smallest absolute Gasteiger partial charge is 0.241 e. The summed E-state index contributed by atoms with van der Waals surface area (Å²) < 4.78 is 41.4. The Bertz CT molecular complexity index is 605. The van der Waals surface area contributed by atoms with Crippen LogP contribution in [0.2, 0.25) is 0 Å². The highest BCUT2D eigenvalue weighted by Crippen LogP contribution is 2.22. The fourth-order valence-electron chi connectivity index (χ4n) is 1.87. The Labute approximate surface area is 127 Å². The zero-order valence-electron chi connectivity index (χ0n) is 13.5. The molecule has 0 unspecified atom stereocenters. The summed E-state index contributed by atoms with van der Waals surface area (Å²) in [6.45, 7) is 11.1. The normalized spacial score (nSPS) is 13.0. The Kier molecular flexibility index (Phi) is 5.52. The largest absolute Gasteiger partial charge is 0.310 e. The van der Waals surface area contributed by atoms with Gasteiger partial charge >= 0.3 is 0 Å². The average molecular weight is 316 g/mol. The maximum Gasteiger partial charge on any atom is 0.241 e. The maximum atomic E-state index is 14.0. The second-order valence-corrected chi connectivity index (χ2v) is 8.24. The van der Waals surface area contributed by atoms with Gasteiger partial charge in [0.2, 0.25) is 10.0 Å². The SMILES string of the molecule is Cc1c(F)cc(CNC(C)C)cc1S(=O)(=O)NC(C)(C)C. The van der Waals surface area contributed by atoms with Gasteiger partial charge in [-0.05, 0) is 45.4 Å². The number of benzene rings is 1. The Hall–Kier alpha value is -0.980. The topological polar surface area (TPSA) is 58.2 Å². The van der Waals surface area contributed by atoms with Crippen LogP contribution in [0.3, 0.4) is 0 Å². The fraction of sp³-hybridized carbons (Fsp3) is 0.600. The molecule has 0 heterocycles. The van der Waals surface area contributed by atoms with Gasteiger partial charge in [0.25, 0.3) is 0 Å². The van der Waals surface area contributed by atoms with Crippen molar-refractivity contribution in [3.05, 3.63) is 29.1 Å². The van der Waals surface area contributed by atoms with E-state index in [-0.39, 0.29) is 16.5 Å². The molecule has 0 radical (unpaired) electrons. The first-order valence-corrected chi connectivity index (χ1v) is 8.47. The molecule has 0 saturated heterocycles. The predicted octanol–water partition coefficient (Wildman–Crippen LogP) is 2.71. The molecule has 0 amide bonds. The van der Waals surface area contributed by atoms with Gasteiger partial charge in [0, 0.05) is 23.7 Å². The van der Waals surface area contributed by atoms with Gasteiger partial charge in [-0.2, -0.15) is 0 Å². The summed E-state index contributed by atoms with van der Waals surface area (Å²) in [6.07, 6.45) is 0. The van der Waals surface area contributed by atoms with Crippen LogP contribution in [0.4, 0.5) is 4.39 Å². The fourth-order valence-corrected chi connectivity index (χ4v) is 3.59. The molecule has 1 rings (SSSR count). The van der Waals surface area contributed by atoms with Crippen molar-refractivity contribution in [2.45, 2.75) is 64.6 Å². The molecular weight excluding hydrogens is 291 g/mol. The van der Waals surface area contributed by atoms with Crippen molar-refractivity contribution in [1.82, 2.24) is 10.0 Å². The Balaban J connectivity index is 3.22. The lowest BCUT2D eigenvalue weighted by atomic mass is 10.1. The van der Waals surface area contributed by atoms with E-state index in [1.807, 2.05) is 13.8 Å². The van der Waals surface area contributed by atoms with E-state index in [2.05, 4.69) is 10.0 Å². The van der Waals surface area contributed by atoms with Crippen LogP contribution in [0.25, 0.3) is 0 Å². The molecule has 0 saturated carbocycles. The number of nitrogens with one attached hydrogen (secondary N) is 2. The van der Waals surface area contributed by atoms with Gasteiger partial charge in [0.15, 0.2) is 0 Å². The van der Waals surface area contributed by atoms with E-state index in [9.17, 15) is 12.8 Å². The number of sulfonamides is 1. The summed E-state index contributed by atoms with van der Waals surface area (Å²) in [5, 5.41) is 3.15. The molecule has 6 heteroatoms. The first-order valence-electron chi connectivity index (χ1n) is 6.99. The van der Waals surface area contributed by atoms with Crippen LogP contribution >= 0.6 is 0 Å². The molecule has 21 heavy (non-hydrogen) atoms. The lowest BCUT2D eigenvalue weighted by Crippen LogP contribution is -2.40. The van der Waals surface area contributed by atoms with Crippen molar-refractivity contribution in [3.8, 4) is 0 Å². The van der Waals surface area contributed by atoms with E-state index in [0.29, 0.717) is 12.1 Å². The molecular formula is C15H25FN2O2S. The van der Waals surface area contributed by atoms with E-state index in [1.54, 1.807) is 20.8 Å². The van der Waals surface area contributed by atoms with Crippen LogP contribution in [0, 0.1) is 12.7 Å². The van der Waals surface area contributed by atoms with Crippen LogP contribution < -0.4 is 10.0 Å². The summed E-state index contributed by atoms with van der Waals surface area (Å²) >= 11 is 0. The summed E-state index contributed by atoms with van der Waals surface area (Å²) in [5.41, 5.74) is 0.134. The zero-order valence-corrected chi connectivity index (χ0v) is 14.4. The summed E-state index contributed by atoms with van der Waals surface area (Å²) in [6, 6.07) is 3.14. The Morgan fingerprint density at radius 3 is 2.29 bits per heavy atom. The van der Waals surface area contributed by atoms with Gasteiger partial charge < -0.3 is 5.32 Å². The minimum atomic E-state index is -3.75. The first kappa shape index (κ1) is 18.1. The third-order valence-corrected chi connectivity index (χ3v) is 4.69. The van der Waals surface area contributed by atoms with Gasteiger partial charge in [0.05, 0.1) is 4.90 Å². The highest BCUT2D eigenvalue weighted by atomic mass is 32.2. The quantitative estimate of drug-likeness (QED) is 0.878. The van der Waals surface area contributed by atoms with Crippen molar-refractivity contribution >= 4 is 10.0 Å². The number of rotatable bonds is 5. The molecule has 120 valence electrons. The molecule has 0 bridgehead atoms. The highest BCUT2D eigenvalue weighted by Gasteiger charge is 2.25. The highest BCUT2D eigenvalue weighted by molar-refractivity contribution is 7.89. The van der Waals surface area contributed by atoms with Crippen molar-refractivity contribution in [1.29, 1.82) is 0 Å². The van der Waals surface area contributed by atoms with E-state index >= 15 is 0 Å². The molecule has 1 aromatic rings. The molecule has 1 aromatic carbocycles. The zero-order chi connectivity index (χ0) is 16.4. The van der Waals surface area contributed by atoms with Crippen LogP contribution in [0.15, 0.2) is 17.0 Å². The van der Waals surface area contributed by atoms with Crippen LogP contribution in [0.5, 0.6) is 0 Å². The summed E-state index contributed by atoms with van der Waals surface area (Å²) in [4.78, 5) is -0.00187. The lowest BCUT2D eigenvalue weighted by Gasteiger charge is -2.22. The van der Waals surface area contributed by atoms with Crippen LogP contribution in [0.1, 0.15) is 45.7 Å². The third kappa shape index (κ3) is 5.37. The second kappa shape index (κ2) is 6.42. The minimum absolute atomic E-state index is 0.00187. The summed E-state index contributed by atoms with van der Waals surface area (Å²) in [5.74, 6) is -0.507. The monoisotopic (exact) mass is 316 g/mol. The first-order chi connectivity index (χ1) is 9.42. The summed E-state index contributed by atoms with van der Waals surface area (Å²) in [7, 11) is -3.75. The number of hydrogen-bond acceptors (Lipinski definition) is 3. The Morgan fingerprint density at radius 2 is 1.81 bits per heavy atom. The second-order valence-electron chi connectivity index (χ2n) is 6.59. The average Bonchev–Trinajstić information content (AvgIpc) is 2.26. The van der Waals surface area contributed by atoms with Gasteiger partial charge in [-0.3, -0.25) is 0 Å². The van der Waals surface area contributed by atoms with Crippen molar-refractivity contribution in [2.75, 3.05) is 0 Å². The molecule has 2 N–H and O–H groups in total. The Morgan fingerprint density at radius 1 is 1.24 bits per heavy atom. The third-order valence-electron chi connectivity index (χ3n) is 2.80. The molecule has 0 aliphatic carbocycles. The number of halogens is 1. The van der Waals surface area contributed by atoms with E-state index < -0.39 is 21.4 Å². The van der Waals surface area contributed by atoms with Crippen molar-refractivity contribution in [3.63, 3.8) is 0 Å². The van der Waals surface area contributed by atoms with Gasteiger partial charge in [-0.15, -0.1) is 0 Å². The molecule has 0 atom stereocenters. The molecule has 0 spiro atoms. The number of hydrogen-bond donors (Lipinski definition) is 2. The molecule has 0 aromatic heterocycles. The molecule has 0 fully saturated rings. The van der Waals surface area contributed by atoms with E-state index in [4.69, 9.17) is 0 Å².